The van der Waals surface area contributed by atoms with Crippen LogP contribution in [0.25, 0.3) is 28.0 Å². The molecule has 0 bridgehead atoms. The van der Waals surface area contributed by atoms with Gasteiger partial charge in [-0.05, 0) is 37.3 Å². The summed E-state index contributed by atoms with van der Waals surface area (Å²) in [5.41, 5.74) is 4.36. The fourth-order valence-corrected chi connectivity index (χ4v) is 2.88. The van der Waals surface area contributed by atoms with E-state index in [0.717, 1.165) is 40.0 Å². The SMILES string of the molecule is Cc1cccc(-c2cnc(C=O)n2-c2ccc3c(cnn3C)c2)n1. The van der Waals surface area contributed by atoms with Gasteiger partial charge in [0.2, 0.25) is 0 Å². The second kappa shape index (κ2) is 5.42. The zero-order valence-electron chi connectivity index (χ0n) is 13.3. The van der Waals surface area contributed by atoms with E-state index in [1.807, 2.05) is 59.6 Å². The van der Waals surface area contributed by atoms with Crippen LogP contribution < -0.4 is 0 Å². The highest BCUT2D eigenvalue weighted by atomic mass is 16.1. The molecule has 6 heteroatoms. The lowest BCUT2D eigenvalue weighted by atomic mass is 10.2. The number of carbonyl (C=O) groups excluding carboxylic acids is 1. The van der Waals surface area contributed by atoms with Crippen molar-refractivity contribution in [2.45, 2.75) is 6.92 Å². The monoisotopic (exact) mass is 317 g/mol. The quantitative estimate of drug-likeness (QED) is 0.545. The number of fused-ring (bicyclic) bond motifs is 1. The molecule has 118 valence electrons. The van der Waals surface area contributed by atoms with Crippen LogP contribution in [0.4, 0.5) is 0 Å². The average Bonchev–Trinajstić information content (AvgIpc) is 3.18. The number of aromatic nitrogens is 5. The van der Waals surface area contributed by atoms with E-state index in [9.17, 15) is 4.79 Å². The van der Waals surface area contributed by atoms with Crippen molar-refractivity contribution in [3.63, 3.8) is 0 Å². The lowest BCUT2D eigenvalue weighted by Crippen LogP contribution is -2.03. The fourth-order valence-electron chi connectivity index (χ4n) is 2.88. The van der Waals surface area contributed by atoms with E-state index in [2.05, 4.69) is 15.1 Å². The van der Waals surface area contributed by atoms with E-state index in [1.54, 1.807) is 12.4 Å². The van der Waals surface area contributed by atoms with Crippen LogP contribution in [0.2, 0.25) is 0 Å². The summed E-state index contributed by atoms with van der Waals surface area (Å²) in [6, 6.07) is 11.7. The molecule has 0 atom stereocenters. The van der Waals surface area contributed by atoms with Gasteiger partial charge in [0.1, 0.15) is 0 Å². The number of imidazole rings is 1. The Balaban J connectivity index is 1.95. The molecule has 0 N–H and O–H groups in total. The number of hydrogen-bond acceptors (Lipinski definition) is 4. The van der Waals surface area contributed by atoms with Gasteiger partial charge in [-0.2, -0.15) is 5.10 Å². The first-order valence-corrected chi connectivity index (χ1v) is 7.56. The van der Waals surface area contributed by atoms with E-state index < -0.39 is 0 Å². The van der Waals surface area contributed by atoms with Crippen molar-refractivity contribution in [2.24, 2.45) is 7.05 Å². The van der Waals surface area contributed by atoms with E-state index in [-0.39, 0.29) is 0 Å². The average molecular weight is 317 g/mol. The number of aldehydes is 1. The molecule has 0 aliphatic rings. The number of nitrogens with zero attached hydrogens (tertiary/aromatic N) is 5. The molecule has 0 saturated carbocycles. The smallest absolute Gasteiger partial charge is 0.185 e. The molecule has 24 heavy (non-hydrogen) atoms. The molecule has 0 saturated heterocycles. The third kappa shape index (κ3) is 2.20. The maximum Gasteiger partial charge on any atom is 0.185 e. The number of aryl methyl sites for hydroxylation is 2. The lowest BCUT2D eigenvalue weighted by molar-refractivity contribution is 0.111. The van der Waals surface area contributed by atoms with Crippen molar-refractivity contribution in [2.75, 3.05) is 0 Å². The van der Waals surface area contributed by atoms with E-state index in [1.165, 1.54) is 0 Å². The fraction of sp³-hybridized carbons (Fsp3) is 0.111. The number of rotatable bonds is 3. The molecule has 3 heterocycles. The molecule has 0 spiro atoms. The lowest BCUT2D eigenvalue weighted by Gasteiger charge is -2.10. The summed E-state index contributed by atoms with van der Waals surface area (Å²) in [6.07, 6.45) is 4.24. The van der Waals surface area contributed by atoms with Crippen molar-refractivity contribution in [1.82, 2.24) is 24.3 Å². The van der Waals surface area contributed by atoms with E-state index in [4.69, 9.17) is 0 Å². The summed E-state index contributed by atoms with van der Waals surface area (Å²) in [5, 5.41) is 5.27. The molecule has 0 unspecified atom stereocenters. The van der Waals surface area contributed by atoms with Gasteiger partial charge in [-0.3, -0.25) is 19.0 Å². The number of hydrogen-bond donors (Lipinski definition) is 0. The largest absolute Gasteiger partial charge is 0.294 e. The summed E-state index contributed by atoms with van der Waals surface area (Å²) >= 11 is 0. The zero-order chi connectivity index (χ0) is 16.7. The van der Waals surface area contributed by atoms with Crippen molar-refractivity contribution in [3.8, 4) is 17.1 Å². The molecule has 4 rings (SSSR count). The third-order valence-corrected chi connectivity index (χ3v) is 4.03. The van der Waals surface area contributed by atoms with Crippen LogP contribution in [0.15, 0.2) is 48.8 Å². The molecule has 4 aromatic rings. The van der Waals surface area contributed by atoms with Crippen molar-refractivity contribution < 1.29 is 4.79 Å². The number of carbonyl (C=O) groups is 1. The van der Waals surface area contributed by atoms with Crippen LogP contribution in [0.3, 0.4) is 0 Å². The summed E-state index contributed by atoms with van der Waals surface area (Å²) in [4.78, 5) is 20.2. The normalized spacial score (nSPS) is 11.1. The van der Waals surface area contributed by atoms with Crippen molar-refractivity contribution in [3.05, 3.63) is 60.3 Å². The van der Waals surface area contributed by atoms with Gasteiger partial charge in [-0.25, -0.2) is 4.98 Å². The summed E-state index contributed by atoms with van der Waals surface area (Å²) in [6.45, 7) is 1.94. The van der Waals surface area contributed by atoms with E-state index >= 15 is 0 Å². The minimum atomic E-state index is 0.344. The Labute approximate surface area is 138 Å². The Hall–Kier alpha value is -3.28. The minimum Gasteiger partial charge on any atom is -0.294 e. The Morgan fingerprint density at radius 2 is 2.00 bits per heavy atom. The first kappa shape index (κ1) is 14.3. The van der Waals surface area contributed by atoms with Gasteiger partial charge >= 0.3 is 0 Å². The van der Waals surface area contributed by atoms with Crippen LogP contribution in [-0.4, -0.2) is 30.6 Å². The minimum absolute atomic E-state index is 0.344. The Bertz CT molecular complexity index is 1060. The molecule has 3 aromatic heterocycles. The highest BCUT2D eigenvalue weighted by molar-refractivity contribution is 5.82. The number of benzene rings is 1. The molecule has 0 aliphatic carbocycles. The van der Waals surface area contributed by atoms with Crippen LogP contribution in [-0.2, 0) is 7.05 Å². The molecule has 0 fully saturated rings. The second-order valence-electron chi connectivity index (χ2n) is 5.63. The van der Waals surface area contributed by atoms with Gasteiger partial charge in [0.15, 0.2) is 12.1 Å². The maximum absolute atomic E-state index is 11.5. The van der Waals surface area contributed by atoms with Gasteiger partial charge in [-0.15, -0.1) is 0 Å². The van der Waals surface area contributed by atoms with Gasteiger partial charge in [0.05, 0.1) is 29.3 Å². The van der Waals surface area contributed by atoms with Gasteiger partial charge in [0.25, 0.3) is 0 Å². The predicted octanol–water partition coefficient (Wildman–Crippen LogP) is 2.94. The van der Waals surface area contributed by atoms with Crippen molar-refractivity contribution in [1.29, 1.82) is 0 Å². The van der Waals surface area contributed by atoms with Crippen LogP contribution in [0, 0.1) is 6.92 Å². The first-order chi connectivity index (χ1) is 11.7. The van der Waals surface area contributed by atoms with Gasteiger partial charge in [0, 0.05) is 23.8 Å². The highest BCUT2D eigenvalue weighted by Gasteiger charge is 2.15. The Morgan fingerprint density at radius 3 is 2.79 bits per heavy atom. The molecule has 0 radical (unpaired) electrons. The Morgan fingerprint density at radius 1 is 1.12 bits per heavy atom. The zero-order valence-corrected chi connectivity index (χ0v) is 13.3. The standard InChI is InChI=1S/C18H15N5O/c1-12-4-3-5-15(21-12)17-10-19-18(11-24)23(17)14-6-7-16-13(8-14)9-20-22(16)2/h3-11H,1-2H3. The number of pyridine rings is 1. The summed E-state index contributed by atoms with van der Waals surface area (Å²) in [5.74, 6) is 0.344. The Kier molecular flexibility index (Phi) is 3.23. The first-order valence-electron chi connectivity index (χ1n) is 7.56. The van der Waals surface area contributed by atoms with Crippen LogP contribution in [0.1, 0.15) is 16.3 Å². The summed E-state index contributed by atoms with van der Waals surface area (Å²) in [7, 11) is 1.90. The topological polar surface area (TPSA) is 65.6 Å². The van der Waals surface area contributed by atoms with Crippen LogP contribution in [0.5, 0.6) is 0 Å². The molecule has 1 aromatic carbocycles. The van der Waals surface area contributed by atoms with Crippen LogP contribution >= 0.6 is 0 Å². The van der Waals surface area contributed by atoms with Gasteiger partial charge < -0.3 is 0 Å². The van der Waals surface area contributed by atoms with Gasteiger partial charge in [-0.1, -0.05) is 6.07 Å². The third-order valence-electron chi connectivity index (χ3n) is 4.03. The molecular formula is C18H15N5O. The molecule has 0 aliphatic heterocycles. The maximum atomic E-state index is 11.5. The molecule has 0 amide bonds. The highest BCUT2D eigenvalue weighted by Crippen LogP contribution is 2.25. The predicted molar refractivity (Wildman–Crippen MR) is 91.2 cm³/mol. The molecular weight excluding hydrogens is 302 g/mol. The summed E-state index contributed by atoms with van der Waals surface area (Å²) < 4.78 is 3.64. The van der Waals surface area contributed by atoms with E-state index in [0.29, 0.717) is 5.82 Å². The second-order valence-corrected chi connectivity index (χ2v) is 5.63. The molecule has 6 nitrogen and oxygen atoms in total. The van der Waals surface area contributed by atoms with Crippen molar-refractivity contribution >= 4 is 17.2 Å².